The zero-order valence-electron chi connectivity index (χ0n) is 11.6. The molecule has 0 aromatic rings. The normalized spacial score (nSPS) is 15.2. The topological polar surface area (TPSA) is 54.0 Å². The largest absolute Gasteiger partial charge is 0.389 e. The Hall–Kier alpha value is -0.200. The Balaban J connectivity index is 3.38. The van der Waals surface area contributed by atoms with E-state index < -0.39 is 6.10 Å². The van der Waals surface area contributed by atoms with Gasteiger partial charge in [-0.3, -0.25) is 0 Å². The van der Waals surface area contributed by atoms with Crippen LogP contribution in [0.15, 0.2) is 0 Å². The predicted molar refractivity (Wildman–Crippen MR) is 69.3 cm³/mol. The molecule has 0 radical (unpaired) electrons. The van der Waals surface area contributed by atoms with E-state index >= 15 is 0 Å². The molecule has 0 aliphatic carbocycles. The number of hydrogen-bond donors (Lipinski definition) is 2. The van der Waals surface area contributed by atoms with Crippen LogP contribution in [0, 0.1) is 0 Å². The Morgan fingerprint density at radius 2 is 2.00 bits per heavy atom. The summed E-state index contributed by atoms with van der Waals surface area (Å²) >= 11 is 0. The minimum atomic E-state index is -0.450. The molecule has 0 aromatic carbocycles. The van der Waals surface area contributed by atoms with E-state index in [9.17, 15) is 5.11 Å². The van der Waals surface area contributed by atoms with Crippen molar-refractivity contribution < 1.29 is 14.6 Å². The summed E-state index contributed by atoms with van der Waals surface area (Å²) in [6.45, 7) is 5.21. The predicted octanol–water partition coefficient (Wildman–Crippen LogP) is -0.0599. The van der Waals surface area contributed by atoms with Crippen LogP contribution in [-0.2, 0) is 9.47 Å². The van der Waals surface area contributed by atoms with Gasteiger partial charge in [-0.15, -0.1) is 0 Å². The van der Waals surface area contributed by atoms with Gasteiger partial charge in [-0.1, -0.05) is 0 Å². The van der Waals surface area contributed by atoms with Crippen LogP contribution < -0.4 is 5.32 Å². The first kappa shape index (κ1) is 16.8. The maximum atomic E-state index is 9.64. The molecule has 0 rings (SSSR count). The first-order valence-electron chi connectivity index (χ1n) is 6.19. The average Bonchev–Trinajstić information content (AvgIpc) is 2.29. The van der Waals surface area contributed by atoms with Gasteiger partial charge in [0.1, 0.15) is 0 Å². The van der Waals surface area contributed by atoms with Crippen LogP contribution >= 0.6 is 0 Å². The summed E-state index contributed by atoms with van der Waals surface area (Å²) in [7, 11) is 5.75. The second-order valence-corrected chi connectivity index (χ2v) is 4.62. The van der Waals surface area contributed by atoms with Crippen molar-refractivity contribution in [2.45, 2.75) is 25.5 Å². The lowest BCUT2D eigenvalue weighted by Crippen LogP contribution is -2.37. The van der Waals surface area contributed by atoms with Crippen LogP contribution in [0.2, 0.25) is 0 Å². The Morgan fingerprint density at radius 3 is 2.59 bits per heavy atom. The van der Waals surface area contributed by atoms with Crippen LogP contribution in [0.4, 0.5) is 0 Å². The number of rotatable bonds is 11. The number of methoxy groups -OCH3 is 1. The molecule has 5 heteroatoms. The van der Waals surface area contributed by atoms with Crippen LogP contribution in [-0.4, -0.2) is 76.3 Å². The molecule has 0 bridgehead atoms. The third-order valence-electron chi connectivity index (χ3n) is 2.45. The molecule has 0 fully saturated rings. The van der Waals surface area contributed by atoms with Crippen LogP contribution in [0.3, 0.4) is 0 Å². The maximum absolute atomic E-state index is 9.64. The average molecular weight is 248 g/mol. The molecular formula is C12H28N2O3. The Morgan fingerprint density at radius 1 is 1.29 bits per heavy atom. The van der Waals surface area contributed by atoms with E-state index in [0.717, 1.165) is 13.0 Å². The van der Waals surface area contributed by atoms with Gasteiger partial charge in [-0.2, -0.15) is 0 Å². The van der Waals surface area contributed by atoms with E-state index in [-0.39, 0.29) is 0 Å². The molecule has 0 spiro atoms. The quantitative estimate of drug-likeness (QED) is 0.502. The summed E-state index contributed by atoms with van der Waals surface area (Å²) < 4.78 is 10.1. The van der Waals surface area contributed by atoms with Crippen molar-refractivity contribution in [3.63, 3.8) is 0 Å². The molecule has 0 aliphatic rings. The Labute approximate surface area is 105 Å². The highest BCUT2D eigenvalue weighted by atomic mass is 16.5. The van der Waals surface area contributed by atoms with Gasteiger partial charge in [0.2, 0.25) is 0 Å². The molecule has 2 unspecified atom stereocenters. The van der Waals surface area contributed by atoms with Crippen LogP contribution in [0.25, 0.3) is 0 Å². The molecule has 0 aromatic heterocycles. The zero-order valence-corrected chi connectivity index (χ0v) is 11.6. The molecule has 0 amide bonds. The van der Waals surface area contributed by atoms with Crippen molar-refractivity contribution in [2.24, 2.45) is 0 Å². The number of hydrogen-bond acceptors (Lipinski definition) is 5. The fourth-order valence-corrected chi connectivity index (χ4v) is 1.31. The lowest BCUT2D eigenvalue weighted by atomic mass is 10.2. The van der Waals surface area contributed by atoms with Gasteiger partial charge in [0.25, 0.3) is 0 Å². The van der Waals surface area contributed by atoms with Gasteiger partial charge >= 0.3 is 0 Å². The van der Waals surface area contributed by atoms with E-state index in [0.29, 0.717) is 32.4 Å². The van der Waals surface area contributed by atoms with Gasteiger partial charge in [0.15, 0.2) is 0 Å². The first-order chi connectivity index (χ1) is 8.06. The highest BCUT2D eigenvalue weighted by molar-refractivity contribution is 4.66. The summed E-state index contributed by atoms with van der Waals surface area (Å²) in [6, 6.07) is 0.408. The highest BCUT2D eigenvalue weighted by Gasteiger charge is 2.07. The zero-order chi connectivity index (χ0) is 13.1. The molecule has 0 saturated heterocycles. The summed E-state index contributed by atoms with van der Waals surface area (Å²) in [6.07, 6.45) is 0.623. The number of nitrogens with one attached hydrogen (secondary N) is 1. The second-order valence-electron chi connectivity index (χ2n) is 4.62. The molecule has 0 saturated carbocycles. The van der Waals surface area contributed by atoms with Crippen LogP contribution in [0.5, 0.6) is 0 Å². The maximum Gasteiger partial charge on any atom is 0.0897 e. The first-order valence-corrected chi connectivity index (χ1v) is 6.19. The van der Waals surface area contributed by atoms with E-state index in [4.69, 9.17) is 9.47 Å². The van der Waals surface area contributed by atoms with Crippen molar-refractivity contribution in [3.05, 3.63) is 0 Å². The lowest BCUT2D eigenvalue weighted by Gasteiger charge is -2.19. The van der Waals surface area contributed by atoms with Gasteiger partial charge in [0, 0.05) is 19.7 Å². The highest BCUT2D eigenvalue weighted by Crippen LogP contribution is 1.93. The molecule has 0 aliphatic heterocycles. The molecule has 104 valence electrons. The molecule has 0 heterocycles. The minimum Gasteiger partial charge on any atom is -0.389 e. The van der Waals surface area contributed by atoms with Gasteiger partial charge in [0.05, 0.1) is 25.9 Å². The van der Waals surface area contributed by atoms with Crippen molar-refractivity contribution in [3.8, 4) is 0 Å². The molecule has 5 nitrogen and oxygen atoms in total. The number of aliphatic hydroxyl groups is 1. The van der Waals surface area contributed by atoms with Crippen molar-refractivity contribution in [1.82, 2.24) is 10.2 Å². The smallest absolute Gasteiger partial charge is 0.0897 e. The Bertz CT molecular complexity index is 168. The minimum absolute atomic E-state index is 0.358. The standard InChI is InChI=1S/C12H28N2O3/c1-11(5-6-14(2)3)13-9-12(15)10-17-8-7-16-4/h11-13,15H,5-10H2,1-4H3. The molecule has 2 atom stereocenters. The van der Waals surface area contributed by atoms with Crippen molar-refractivity contribution >= 4 is 0 Å². The number of aliphatic hydroxyl groups excluding tert-OH is 1. The van der Waals surface area contributed by atoms with E-state index in [1.807, 2.05) is 0 Å². The fourth-order valence-electron chi connectivity index (χ4n) is 1.31. The molecule has 17 heavy (non-hydrogen) atoms. The molecular weight excluding hydrogens is 220 g/mol. The SMILES string of the molecule is COCCOCC(O)CNC(C)CCN(C)C. The fraction of sp³-hybridized carbons (Fsp3) is 1.00. The van der Waals surface area contributed by atoms with Crippen LogP contribution in [0.1, 0.15) is 13.3 Å². The van der Waals surface area contributed by atoms with Gasteiger partial charge in [-0.05, 0) is 34.0 Å². The van der Waals surface area contributed by atoms with E-state index in [1.165, 1.54) is 0 Å². The van der Waals surface area contributed by atoms with Crippen molar-refractivity contribution in [1.29, 1.82) is 0 Å². The third-order valence-corrected chi connectivity index (χ3v) is 2.45. The second kappa shape index (κ2) is 10.9. The number of ether oxygens (including phenoxy) is 2. The summed E-state index contributed by atoms with van der Waals surface area (Å²) in [4.78, 5) is 2.16. The monoisotopic (exact) mass is 248 g/mol. The Kier molecular flexibility index (Phi) is 10.8. The summed E-state index contributed by atoms with van der Waals surface area (Å²) in [5, 5.41) is 12.9. The lowest BCUT2D eigenvalue weighted by molar-refractivity contribution is 0.0129. The molecule has 2 N–H and O–H groups in total. The summed E-state index contributed by atoms with van der Waals surface area (Å²) in [5.74, 6) is 0. The number of nitrogens with zero attached hydrogens (tertiary/aromatic N) is 1. The van der Waals surface area contributed by atoms with Crippen molar-refractivity contribution in [2.75, 3.05) is 54.1 Å². The van der Waals surface area contributed by atoms with E-state index in [1.54, 1.807) is 7.11 Å². The van der Waals surface area contributed by atoms with Gasteiger partial charge < -0.3 is 24.8 Å². The summed E-state index contributed by atoms with van der Waals surface area (Å²) in [5.41, 5.74) is 0. The van der Waals surface area contributed by atoms with E-state index in [2.05, 4.69) is 31.2 Å². The van der Waals surface area contributed by atoms with Gasteiger partial charge in [-0.25, -0.2) is 0 Å². The third kappa shape index (κ3) is 12.1.